The van der Waals surface area contributed by atoms with Crippen LogP contribution in [0.15, 0.2) is 17.3 Å². The Morgan fingerprint density at radius 1 is 1.05 bits per heavy atom. The monoisotopic (exact) mass is 277 g/mol. The average Bonchev–Trinajstić information content (AvgIpc) is 2.28. The fourth-order valence-electron chi connectivity index (χ4n) is 2.24. The molecule has 3 heteroatoms. The van der Waals surface area contributed by atoms with Gasteiger partial charge in [0.2, 0.25) is 0 Å². The molecule has 0 bridgehead atoms. The first-order chi connectivity index (χ1) is 8.96. The van der Waals surface area contributed by atoms with Gasteiger partial charge >= 0.3 is 0 Å². The molecule has 0 aromatic heterocycles. The number of nitrogens with zero attached hydrogens (tertiary/aromatic N) is 1. The highest BCUT2D eigenvalue weighted by atomic mass is 16.4. The van der Waals surface area contributed by atoms with Crippen LogP contribution in [0.25, 0.3) is 0 Å². The summed E-state index contributed by atoms with van der Waals surface area (Å²) in [5.74, 6) is 0.283. The van der Waals surface area contributed by atoms with Gasteiger partial charge in [-0.05, 0) is 34.9 Å². The van der Waals surface area contributed by atoms with E-state index in [9.17, 15) is 5.11 Å². The second-order valence-corrected chi connectivity index (χ2v) is 7.53. The molecule has 0 atom stereocenters. The third-order valence-corrected chi connectivity index (χ3v) is 3.50. The van der Waals surface area contributed by atoms with Gasteiger partial charge < -0.3 is 10.3 Å². The Bertz CT molecular complexity index is 517. The third kappa shape index (κ3) is 3.75. The topological polar surface area (TPSA) is 52.8 Å². The number of benzene rings is 1. The standard InChI is InChI=1S/C17H27NO2/c1-11(18-20)8-13-14(17(5,6)7)9-12(10-15(13)19)16(2,3)4/h9-10,19-20H,8H2,1-7H3/b18-11-. The maximum atomic E-state index is 10.4. The van der Waals surface area contributed by atoms with Gasteiger partial charge in [0.05, 0.1) is 5.71 Å². The average molecular weight is 277 g/mol. The summed E-state index contributed by atoms with van der Waals surface area (Å²) in [6.45, 7) is 14.5. The summed E-state index contributed by atoms with van der Waals surface area (Å²) in [5.41, 5.74) is 3.56. The normalized spacial score (nSPS) is 13.7. The number of phenols is 1. The molecule has 0 spiro atoms. The van der Waals surface area contributed by atoms with Crippen LogP contribution in [0.2, 0.25) is 0 Å². The van der Waals surface area contributed by atoms with Crippen molar-refractivity contribution in [3.63, 3.8) is 0 Å². The van der Waals surface area contributed by atoms with Crippen molar-refractivity contribution in [3.8, 4) is 5.75 Å². The fourth-order valence-corrected chi connectivity index (χ4v) is 2.24. The molecule has 112 valence electrons. The minimum absolute atomic E-state index is 0.0177. The van der Waals surface area contributed by atoms with Crippen LogP contribution in [0.5, 0.6) is 5.75 Å². The van der Waals surface area contributed by atoms with Gasteiger partial charge in [0.25, 0.3) is 0 Å². The van der Waals surface area contributed by atoms with E-state index in [-0.39, 0.29) is 16.6 Å². The van der Waals surface area contributed by atoms with Gasteiger partial charge in [0.15, 0.2) is 0 Å². The van der Waals surface area contributed by atoms with E-state index in [1.165, 1.54) is 0 Å². The Morgan fingerprint density at radius 2 is 1.60 bits per heavy atom. The van der Waals surface area contributed by atoms with Crippen LogP contribution in [0.3, 0.4) is 0 Å². The summed E-state index contributed by atoms with van der Waals surface area (Å²) in [5, 5.41) is 22.5. The minimum Gasteiger partial charge on any atom is -0.508 e. The molecule has 0 aliphatic heterocycles. The highest BCUT2D eigenvalue weighted by Crippen LogP contribution is 2.36. The van der Waals surface area contributed by atoms with Crippen molar-refractivity contribution in [1.29, 1.82) is 0 Å². The predicted octanol–water partition coefficient (Wildman–Crippen LogP) is 4.38. The molecular weight excluding hydrogens is 250 g/mol. The number of phenolic OH excluding ortho intramolecular Hbond substituents is 1. The van der Waals surface area contributed by atoms with E-state index >= 15 is 0 Å². The van der Waals surface area contributed by atoms with Gasteiger partial charge in [-0.25, -0.2) is 0 Å². The van der Waals surface area contributed by atoms with Crippen molar-refractivity contribution in [2.75, 3.05) is 0 Å². The van der Waals surface area contributed by atoms with Crippen LogP contribution in [0.4, 0.5) is 0 Å². The zero-order chi connectivity index (χ0) is 15.7. The zero-order valence-electron chi connectivity index (χ0n) is 13.7. The summed E-state index contributed by atoms with van der Waals surface area (Å²) in [6, 6.07) is 3.99. The summed E-state index contributed by atoms with van der Waals surface area (Å²) in [6.07, 6.45) is 0.458. The first kappa shape index (κ1) is 16.5. The maximum absolute atomic E-state index is 10.4. The molecule has 2 N–H and O–H groups in total. The lowest BCUT2D eigenvalue weighted by atomic mass is 9.77. The van der Waals surface area contributed by atoms with Gasteiger partial charge in [-0.15, -0.1) is 0 Å². The summed E-state index contributed by atoms with van der Waals surface area (Å²) in [4.78, 5) is 0. The zero-order valence-corrected chi connectivity index (χ0v) is 13.7. The Morgan fingerprint density at radius 3 is 2.00 bits per heavy atom. The van der Waals surface area contributed by atoms with Crippen molar-refractivity contribution < 1.29 is 10.3 Å². The Labute approximate surface area is 122 Å². The molecule has 3 nitrogen and oxygen atoms in total. The van der Waals surface area contributed by atoms with Crippen molar-refractivity contribution in [2.45, 2.75) is 65.7 Å². The van der Waals surface area contributed by atoms with Gasteiger partial charge in [-0.1, -0.05) is 52.8 Å². The van der Waals surface area contributed by atoms with Crippen LogP contribution in [0.1, 0.15) is 65.2 Å². The molecule has 0 aliphatic rings. The largest absolute Gasteiger partial charge is 0.508 e. The van der Waals surface area contributed by atoms with E-state index in [1.54, 1.807) is 6.92 Å². The summed E-state index contributed by atoms with van der Waals surface area (Å²) in [7, 11) is 0. The van der Waals surface area contributed by atoms with Crippen molar-refractivity contribution in [3.05, 3.63) is 28.8 Å². The van der Waals surface area contributed by atoms with Gasteiger partial charge in [-0.2, -0.15) is 0 Å². The second-order valence-electron chi connectivity index (χ2n) is 7.53. The Balaban J connectivity index is 3.52. The second kappa shape index (κ2) is 5.47. The van der Waals surface area contributed by atoms with Crippen LogP contribution >= 0.6 is 0 Å². The number of rotatable bonds is 2. The van der Waals surface area contributed by atoms with Crippen molar-refractivity contribution >= 4 is 5.71 Å². The third-order valence-electron chi connectivity index (χ3n) is 3.50. The molecular formula is C17H27NO2. The lowest BCUT2D eigenvalue weighted by Crippen LogP contribution is -2.19. The molecule has 0 unspecified atom stereocenters. The molecule has 0 fully saturated rings. The van der Waals surface area contributed by atoms with E-state index in [2.05, 4.69) is 52.8 Å². The molecule has 20 heavy (non-hydrogen) atoms. The molecule has 1 aromatic carbocycles. The molecule has 0 saturated heterocycles. The van der Waals surface area contributed by atoms with E-state index in [0.717, 1.165) is 16.7 Å². The number of hydrogen-bond acceptors (Lipinski definition) is 3. The van der Waals surface area contributed by atoms with Gasteiger partial charge in [0.1, 0.15) is 5.75 Å². The molecule has 0 amide bonds. The van der Waals surface area contributed by atoms with E-state index in [4.69, 9.17) is 5.21 Å². The SMILES string of the molecule is C/C(Cc1c(O)cc(C(C)(C)C)cc1C(C)(C)C)=N/O. The number of hydrogen-bond donors (Lipinski definition) is 2. The van der Waals surface area contributed by atoms with Crippen LogP contribution < -0.4 is 0 Å². The number of aromatic hydroxyl groups is 1. The fraction of sp³-hybridized carbons (Fsp3) is 0.588. The Hall–Kier alpha value is -1.51. The highest BCUT2D eigenvalue weighted by molar-refractivity contribution is 5.84. The van der Waals surface area contributed by atoms with Gasteiger partial charge in [-0.3, -0.25) is 0 Å². The Kier molecular flexibility index (Phi) is 4.52. The van der Waals surface area contributed by atoms with Crippen LogP contribution in [0, 0.1) is 0 Å². The number of oxime groups is 1. The van der Waals surface area contributed by atoms with E-state index in [1.807, 2.05) is 6.07 Å². The quantitative estimate of drug-likeness (QED) is 0.479. The lowest BCUT2D eigenvalue weighted by Gasteiger charge is -2.28. The predicted molar refractivity (Wildman–Crippen MR) is 84.1 cm³/mol. The van der Waals surface area contributed by atoms with Crippen molar-refractivity contribution in [1.82, 2.24) is 0 Å². The van der Waals surface area contributed by atoms with E-state index < -0.39 is 0 Å². The molecule has 1 aromatic rings. The highest BCUT2D eigenvalue weighted by Gasteiger charge is 2.25. The smallest absolute Gasteiger partial charge is 0.119 e. The lowest BCUT2D eigenvalue weighted by molar-refractivity contribution is 0.317. The molecule has 0 saturated carbocycles. The molecule has 0 aliphatic carbocycles. The minimum atomic E-state index is -0.0796. The maximum Gasteiger partial charge on any atom is 0.119 e. The first-order valence-electron chi connectivity index (χ1n) is 7.01. The van der Waals surface area contributed by atoms with Gasteiger partial charge in [0, 0.05) is 12.0 Å². The van der Waals surface area contributed by atoms with Crippen molar-refractivity contribution in [2.24, 2.45) is 5.16 Å². The van der Waals surface area contributed by atoms with Crippen LogP contribution in [-0.2, 0) is 17.3 Å². The molecule has 1 rings (SSSR count). The summed E-state index contributed by atoms with van der Waals surface area (Å²) >= 11 is 0. The van der Waals surface area contributed by atoms with Crippen LogP contribution in [-0.4, -0.2) is 16.0 Å². The summed E-state index contributed by atoms with van der Waals surface area (Å²) < 4.78 is 0. The van der Waals surface area contributed by atoms with E-state index in [0.29, 0.717) is 12.1 Å². The first-order valence-corrected chi connectivity index (χ1v) is 7.01. The molecule has 0 heterocycles. The molecule has 0 radical (unpaired) electrons.